The standard InChI is InChI=1S/C24H18ClFN2O3/c1-30-18-9-4-15(5-10-18)23(29)24-28-21(19-12-16(25)6-11-22(19)31-24)13-20(27-28)14-2-7-17(26)8-3-14/h2-12,21,24H,13H2,1H3/t21-,24-/m1/s1. The monoisotopic (exact) mass is 436 g/mol. The van der Waals surface area contributed by atoms with Gasteiger partial charge in [0.1, 0.15) is 17.3 Å². The summed E-state index contributed by atoms with van der Waals surface area (Å²) in [5, 5.41) is 6.98. The van der Waals surface area contributed by atoms with Gasteiger partial charge in [-0.3, -0.25) is 4.79 Å². The highest BCUT2D eigenvalue weighted by atomic mass is 35.5. The van der Waals surface area contributed by atoms with Gasteiger partial charge in [-0.25, -0.2) is 9.40 Å². The zero-order chi connectivity index (χ0) is 21.5. The van der Waals surface area contributed by atoms with E-state index < -0.39 is 6.23 Å². The lowest BCUT2D eigenvalue weighted by Gasteiger charge is -2.37. The molecular weight excluding hydrogens is 419 g/mol. The van der Waals surface area contributed by atoms with Gasteiger partial charge in [-0.05, 0) is 60.2 Å². The van der Waals surface area contributed by atoms with Gasteiger partial charge in [0.05, 0.1) is 18.9 Å². The Hall–Kier alpha value is -3.38. The summed E-state index contributed by atoms with van der Waals surface area (Å²) in [6.07, 6.45) is -0.376. The lowest BCUT2D eigenvalue weighted by atomic mass is 9.95. The topological polar surface area (TPSA) is 51.1 Å². The number of methoxy groups -OCH3 is 1. The first kappa shape index (κ1) is 19.6. The molecule has 0 bridgehead atoms. The molecule has 5 rings (SSSR count). The van der Waals surface area contributed by atoms with E-state index in [9.17, 15) is 9.18 Å². The van der Waals surface area contributed by atoms with E-state index in [4.69, 9.17) is 26.2 Å². The normalized spacial score (nSPS) is 19.2. The van der Waals surface area contributed by atoms with Gasteiger partial charge in [0.15, 0.2) is 0 Å². The number of Topliss-reactive ketones (excluding diaryl/α,β-unsaturated/α-hetero) is 1. The maximum atomic E-state index is 13.4. The van der Waals surface area contributed by atoms with Crippen LogP contribution in [0.4, 0.5) is 4.39 Å². The molecule has 2 aliphatic rings. The Morgan fingerprint density at radius 1 is 1.13 bits per heavy atom. The predicted octanol–water partition coefficient (Wildman–Crippen LogP) is 5.24. The molecule has 31 heavy (non-hydrogen) atoms. The molecular formula is C24H18ClFN2O3. The highest BCUT2D eigenvalue weighted by Crippen LogP contribution is 2.44. The van der Waals surface area contributed by atoms with E-state index in [1.54, 1.807) is 60.6 Å². The molecule has 2 aliphatic heterocycles. The van der Waals surface area contributed by atoms with E-state index in [0.717, 1.165) is 16.8 Å². The van der Waals surface area contributed by atoms with Crippen molar-refractivity contribution in [1.29, 1.82) is 0 Å². The summed E-state index contributed by atoms with van der Waals surface area (Å²) < 4.78 is 24.7. The van der Waals surface area contributed by atoms with Crippen LogP contribution in [0.5, 0.6) is 11.5 Å². The fourth-order valence-electron chi connectivity index (χ4n) is 3.95. The van der Waals surface area contributed by atoms with Crippen molar-refractivity contribution < 1.29 is 18.7 Å². The number of ether oxygens (including phenoxy) is 2. The van der Waals surface area contributed by atoms with Crippen LogP contribution in [0.1, 0.15) is 33.9 Å². The molecule has 156 valence electrons. The van der Waals surface area contributed by atoms with Crippen molar-refractivity contribution in [2.24, 2.45) is 5.10 Å². The van der Waals surface area contributed by atoms with Crippen molar-refractivity contribution in [3.05, 3.63) is 94.3 Å². The van der Waals surface area contributed by atoms with Gasteiger partial charge in [-0.15, -0.1) is 0 Å². The minimum absolute atomic E-state index is 0.211. The highest BCUT2D eigenvalue weighted by molar-refractivity contribution is 6.30. The molecule has 0 fully saturated rings. The molecule has 0 saturated carbocycles. The molecule has 3 aromatic rings. The van der Waals surface area contributed by atoms with Crippen LogP contribution < -0.4 is 9.47 Å². The second-order valence-corrected chi connectivity index (χ2v) is 7.84. The summed E-state index contributed by atoms with van der Waals surface area (Å²) in [7, 11) is 1.57. The largest absolute Gasteiger partial charge is 0.497 e. The third-order valence-electron chi connectivity index (χ3n) is 5.53. The van der Waals surface area contributed by atoms with E-state index in [-0.39, 0.29) is 17.6 Å². The van der Waals surface area contributed by atoms with Crippen molar-refractivity contribution in [1.82, 2.24) is 5.01 Å². The van der Waals surface area contributed by atoms with Gasteiger partial charge in [-0.1, -0.05) is 23.7 Å². The van der Waals surface area contributed by atoms with Crippen LogP contribution >= 0.6 is 11.6 Å². The predicted molar refractivity (Wildman–Crippen MR) is 115 cm³/mol. The van der Waals surface area contributed by atoms with Crippen molar-refractivity contribution >= 4 is 23.1 Å². The number of ketones is 1. The summed E-state index contributed by atoms with van der Waals surface area (Å²) in [6, 6.07) is 18.2. The van der Waals surface area contributed by atoms with Crippen molar-refractivity contribution in [3.63, 3.8) is 0 Å². The van der Waals surface area contributed by atoms with Gasteiger partial charge in [0, 0.05) is 22.6 Å². The fourth-order valence-corrected chi connectivity index (χ4v) is 4.13. The molecule has 0 spiro atoms. The molecule has 0 radical (unpaired) electrons. The third kappa shape index (κ3) is 3.53. The zero-order valence-electron chi connectivity index (χ0n) is 16.6. The maximum Gasteiger partial charge on any atom is 0.251 e. The number of benzene rings is 3. The quantitative estimate of drug-likeness (QED) is 0.525. The van der Waals surface area contributed by atoms with Crippen molar-refractivity contribution in [3.8, 4) is 11.5 Å². The molecule has 5 nitrogen and oxygen atoms in total. The number of rotatable bonds is 4. The van der Waals surface area contributed by atoms with E-state index in [1.807, 2.05) is 6.07 Å². The van der Waals surface area contributed by atoms with Crippen LogP contribution in [-0.4, -0.2) is 29.8 Å². The average molecular weight is 437 g/mol. The van der Waals surface area contributed by atoms with E-state index in [2.05, 4.69) is 0 Å². The molecule has 0 aliphatic carbocycles. The minimum atomic E-state index is -0.926. The second-order valence-electron chi connectivity index (χ2n) is 7.40. The molecule has 2 heterocycles. The Labute approximate surface area is 183 Å². The van der Waals surface area contributed by atoms with Gasteiger partial charge in [-0.2, -0.15) is 5.10 Å². The van der Waals surface area contributed by atoms with Crippen molar-refractivity contribution in [2.75, 3.05) is 7.11 Å². The molecule has 0 amide bonds. The van der Waals surface area contributed by atoms with Crippen LogP contribution in [0.2, 0.25) is 5.02 Å². The van der Waals surface area contributed by atoms with E-state index in [1.165, 1.54) is 12.1 Å². The second kappa shape index (κ2) is 7.71. The van der Waals surface area contributed by atoms with Crippen LogP contribution in [-0.2, 0) is 0 Å². The lowest BCUT2D eigenvalue weighted by molar-refractivity contribution is -0.00455. The minimum Gasteiger partial charge on any atom is -0.497 e. The highest BCUT2D eigenvalue weighted by Gasteiger charge is 2.43. The summed E-state index contributed by atoms with van der Waals surface area (Å²) in [4.78, 5) is 13.4. The van der Waals surface area contributed by atoms with Gasteiger partial charge in [0.2, 0.25) is 5.78 Å². The van der Waals surface area contributed by atoms with E-state index in [0.29, 0.717) is 28.5 Å². The smallest absolute Gasteiger partial charge is 0.251 e. The van der Waals surface area contributed by atoms with Gasteiger partial charge < -0.3 is 9.47 Å². The van der Waals surface area contributed by atoms with Gasteiger partial charge in [0.25, 0.3) is 6.23 Å². The van der Waals surface area contributed by atoms with Crippen LogP contribution in [0.15, 0.2) is 71.8 Å². The number of nitrogens with zero attached hydrogens (tertiary/aromatic N) is 2. The Balaban J connectivity index is 1.55. The summed E-state index contributed by atoms with van der Waals surface area (Å²) in [5.41, 5.74) is 2.92. The molecule has 0 saturated heterocycles. The van der Waals surface area contributed by atoms with Gasteiger partial charge >= 0.3 is 0 Å². The Kier molecular flexibility index (Phi) is 4.87. The molecule has 2 atom stereocenters. The third-order valence-corrected chi connectivity index (χ3v) is 5.76. The number of hydrogen-bond acceptors (Lipinski definition) is 5. The molecule has 0 aromatic heterocycles. The first-order chi connectivity index (χ1) is 15.0. The van der Waals surface area contributed by atoms with Crippen LogP contribution in [0.25, 0.3) is 0 Å². The zero-order valence-corrected chi connectivity index (χ0v) is 17.3. The fraction of sp³-hybridized carbons (Fsp3) is 0.167. The number of fused-ring (bicyclic) bond motifs is 3. The van der Waals surface area contributed by atoms with E-state index >= 15 is 0 Å². The summed E-state index contributed by atoms with van der Waals surface area (Å²) in [5.74, 6) is 0.746. The number of halogens is 2. The average Bonchev–Trinajstić information content (AvgIpc) is 3.24. The van der Waals surface area contributed by atoms with Crippen LogP contribution in [0.3, 0.4) is 0 Å². The first-order valence-corrected chi connectivity index (χ1v) is 10.2. The number of hydrazone groups is 1. The molecule has 7 heteroatoms. The number of hydrogen-bond donors (Lipinski definition) is 0. The number of carbonyl (C=O) groups excluding carboxylic acids is 1. The summed E-state index contributed by atoms with van der Waals surface area (Å²) >= 11 is 6.23. The number of carbonyl (C=O) groups is 1. The molecule has 3 aromatic carbocycles. The van der Waals surface area contributed by atoms with Crippen molar-refractivity contribution in [2.45, 2.75) is 18.7 Å². The SMILES string of the molecule is COc1ccc(C(=O)[C@H]2Oc3ccc(Cl)cc3[C@H]3CC(c4ccc(F)cc4)=NN23)cc1. The summed E-state index contributed by atoms with van der Waals surface area (Å²) in [6.45, 7) is 0. The lowest BCUT2D eigenvalue weighted by Crippen LogP contribution is -2.45. The Morgan fingerprint density at radius 3 is 2.58 bits per heavy atom. The maximum absolute atomic E-state index is 13.4. The first-order valence-electron chi connectivity index (χ1n) is 9.79. The molecule has 0 unspecified atom stereocenters. The Morgan fingerprint density at radius 2 is 1.87 bits per heavy atom. The van der Waals surface area contributed by atoms with Crippen LogP contribution in [0, 0.1) is 5.82 Å². The Bertz CT molecular complexity index is 1180. The molecule has 0 N–H and O–H groups in total.